The molecular formula is C22H24BrNO4S. The van der Waals surface area contributed by atoms with Gasteiger partial charge >= 0.3 is 5.97 Å². The van der Waals surface area contributed by atoms with Crippen molar-refractivity contribution in [1.82, 2.24) is 0 Å². The van der Waals surface area contributed by atoms with Crippen molar-refractivity contribution in [3.63, 3.8) is 0 Å². The number of carbonyl (C=O) groups excluding carboxylic acids is 2. The first kappa shape index (κ1) is 21.6. The van der Waals surface area contributed by atoms with Gasteiger partial charge < -0.3 is 14.8 Å². The minimum Gasteiger partial charge on any atom is -0.493 e. The van der Waals surface area contributed by atoms with E-state index in [1.807, 2.05) is 25.1 Å². The maximum atomic E-state index is 12.6. The second kappa shape index (κ2) is 9.59. The highest BCUT2D eigenvalue weighted by Gasteiger charge is 2.28. The molecule has 1 aromatic heterocycles. The third-order valence-corrected chi connectivity index (χ3v) is 6.49. The first-order valence-corrected chi connectivity index (χ1v) is 11.2. The monoisotopic (exact) mass is 477 g/mol. The van der Waals surface area contributed by atoms with E-state index in [-0.39, 0.29) is 5.91 Å². The van der Waals surface area contributed by atoms with E-state index in [0.29, 0.717) is 28.8 Å². The fourth-order valence-corrected chi connectivity index (χ4v) is 5.19. The van der Waals surface area contributed by atoms with Gasteiger partial charge in [-0.1, -0.05) is 22.9 Å². The molecule has 0 bridgehead atoms. The Balaban J connectivity index is 1.83. The number of hydrogen-bond acceptors (Lipinski definition) is 5. The largest absolute Gasteiger partial charge is 0.493 e. The SMILES string of the molecule is CCOc1ccc(Br)cc1/C=C/C(=O)Nc1sc2c(c1C(=O)OC)CCC(C)C2. The summed E-state index contributed by atoms with van der Waals surface area (Å²) in [6.07, 6.45) is 5.94. The first-order chi connectivity index (χ1) is 13.9. The van der Waals surface area contributed by atoms with Crippen molar-refractivity contribution in [2.45, 2.75) is 33.1 Å². The molecule has 7 heteroatoms. The van der Waals surface area contributed by atoms with Crippen LogP contribution in [0.5, 0.6) is 5.75 Å². The summed E-state index contributed by atoms with van der Waals surface area (Å²) in [7, 11) is 1.37. The van der Waals surface area contributed by atoms with Gasteiger partial charge in [-0.05, 0) is 61.9 Å². The van der Waals surface area contributed by atoms with Crippen LogP contribution >= 0.6 is 27.3 Å². The topological polar surface area (TPSA) is 64.6 Å². The highest BCUT2D eigenvalue weighted by Crippen LogP contribution is 2.40. The van der Waals surface area contributed by atoms with Crippen molar-refractivity contribution >= 4 is 50.2 Å². The van der Waals surface area contributed by atoms with Crippen LogP contribution in [0.3, 0.4) is 0 Å². The third-order valence-electron chi connectivity index (χ3n) is 4.82. The summed E-state index contributed by atoms with van der Waals surface area (Å²) in [6, 6.07) is 5.64. The number of amides is 1. The Kier molecular flexibility index (Phi) is 7.14. The maximum Gasteiger partial charge on any atom is 0.341 e. The lowest BCUT2D eigenvalue weighted by atomic mass is 9.88. The number of hydrogen-bond donors (Lipinski definition) is 1. The molecule has 3 rings (SSSR count). The minimum absolute atomic E-state index is 0.302. The van der Waals surface area contributed by atoms with Gasteiger partial charge in [0.15, 0.2) is 0 Å². The van der Waals surface area contributed by atoms with Crippen LogP contribution in [-0.4, -0.2) is 25.6 Å². The average molecular weight is 478 g/mol. The van der Waals surface area contributed by atoms with Crippen LogP contribution in [0, 0.1) is 5.92 Å². The highest BCUT2D eigenvalue weighted by molar-refractivity contribution is 9.10. The van der Waals surface area contributed by atoms with Crippen molar-refractivity contribution in [3.8, 4) is 5.75 Å². The summed E-state index contributed by atoms with van der Waals surface area (Å²) >= 11 is 4.91. The number of fused-ring (bicyclic) bond motifs is 1. The van der Waals surface area contributed by atoms with Crippen molar-refractivity contribution < 1.29 is 19.1 Å². The molecule has 29 heavy (non-hydrogen) atoms. The molecule has 1 unspecified atom stereocenters. The molecular weight excluding hydrogens is 454 g/mol. The summed E-state index contributed by atoms with van der Waals surface area (Å²) in [5.74, 6) is 0.574. The predicted molar refractivity (Wildman–Crippen MR) is 120 cm³/mol. The lowest BCUT2D eigenvalue weighted by Crippen LogP contribution is -2.14. The van der Waals surface area contributed by atoms with E-state index < -0.39 is 5.97 Å². The summed E-state index contributed by atoms with van der Waals surface area (Å²) < 4.78 is 11.5. The number of benzene rings is 1. The molecule has 0 saturated carbocycles. The molecule has 0 aliphatic heterocycles. The summed E-state index contributed by atoms with van der Waals surface area (Å²) in [4.78, 5) is 26.1. The fourth-order valence-electron chi connectivity index (χ4n) is 3.41. The van der Waals surface area contributed by atoms with Crippen LogP contribution in [-0.2, 0) is 22.4 Å². The van der Waals surface area contributed by atoms with E-state index in [1.165, 1.54) is 24.5 Å². The zero-order valence-electron chi connectivity index (χ0n) is 16.7. The molecule has 1 aliphatic carbocycles. The van der Waals surface area contributed by atoms with Gasteiger partial charge in [0.25, 0.3) is 0 Å². The second-order valence-electron chi connectivity index (χ2n) is 6.99. The Morgan fingerprint density at radius 1 is 1.38 bits per heavy atom. The summed E-state index contributed by atoms with van der Waals surface area (Å²) in [5.41, 5.74) is 2.31. The van der Waals surface area contributed by atoms with Crippen LogP contribution in [0.15, 0.2) is 28.7 Å². The van der Waals surface area contributed by atoms with E-state index in [2.05, 4.69) is 28.2 Å². The maximum absolute atomic E-state index is 12.6. The number of methoxy groups -OCH3 is 1. The Labute approximate surface area is 183 Å². The predicted octanol–water partition coefficient (Wildman–Crippen LogP) is 5.47. The number of ether oxygens (including phenoxy) is 2. The van der Waals surface area contributed by atoms with Gasteiger partial charge in [0.05, 0.1) is 19.3 Å². The van der Waals surface area contributed by atoms with Crippen molar-refractivity contribution in [3.05, 3.63) is 50.3 Å². The zero-order chi connectivity index (χ0) is 21.0. The van der Waals surface area contributed by atoms with E-state index in [9.17, 15) is 9.59 Å². The number of rotatable bonds is 6. The standard InChI is InChI=1S/C22H24BrNO4S/c1-4-28-17-9-7-15(23)12-14(17)6-10-19(25)24-21-20(22(26)27-3)16-8-5-13(2)11-18(16)29-21/h6-7,9-10,12-13H,4-5,8,11H2,1-3H3,(H,24,25)/b10-6+. The van der Waals surface area contributed by atoms with Gasteiger partial charge in [0.2, 0.25) is 5.91 Å². The lowest BCUT2D eigenvalue weighted by Gasteiger charge is -2.18. The Morgan fingerprint density at radius 2 is 2.17 bits per heavy atom. The Morgan fingerprint density at radius 3 is 2.90 bits per heavy atom. The van der Waals surface area contributed by atoms with Crippen LogP contribution in [0.4, 0.5) is 5.00 Å². The molecule has 1 aliphatic rings. The Bertz CT molecular complexity index is 951. The molecule has 0 spiro atoms. The van der Waals surface area contributed by atoms with Gasteiger partial charge in [-0.25, -0.2) is 4.79 Å². The van der Waals surface area contributed by atoms with Crippen molar-refractivity contribution in [2.24, 2.45) is 5.92 Å². The van der Waals surface area contributed by atoms with Gasteiger partial charge in [0.1, 0.15) is 10.8 Å². The third kappa shape index (κ3) is 5.08. The average Bonchev–Trinajstić information content (AvgIpc) is 3.04. The van der Waals surface area contributed by atoms with Gasteiger partial charge in [0, 0.05) is 21.0 Å². The number of esters is 1. The molecule has 1 heterocycles. The number of thiophene rings is 1. The van der Waals surface area contributed by atoms with E-state index in [0.717, 1.165) is 39.7 Å². The molecule has 0 radical (unpaired) electrons. The molecule has 154 valence electrons. The molecule has 1 atom stereocenters. The van der Waals surface area contributed by atoms with Crippen molar-refractivity contribution in [1.29, 1.82) is 0 Å². The number of carbonyl (C=O) groups is 2. The Hall–Kier alpha value is -2.12. The van der Waals surface area contributed by atoms with Gasteiger partial charge in [-0.2, -0.15) is 0 Å². The lowest BCUT2D eigenvalue weighted by molar-refractivity contribution is -0.111. The van der Waals surface area contributed by atoms with E-state index >= 15 is 0 Å². The first-order valence-electron chi connectivity index (χ1n) is 9.57. The summed E-state index contributed by atoms with van der Waals surface area (Å²) in [6.45, 7) is 4.65. The number of anilines is 1. The van der Waals surface area contributed by atoms with Crippen molar-refractivity contribution in [2.75, 3.05) is 19.0 Å². The molecule has 5 nitrogen and oxygen atoms in total. The smallest absolute Gasteiger partial charge is 0.341 e. The molecule has 1 N–H and O–H groups in total. The molecule has 2 aromatic rings. The molecule has 1 amide bonds. The second-order valence-corrected chi connectivity index (χ2v) is 9.01. The van der Waals surface area contributed by atoms with Crippen LogP contribution < -0.4 is 10.1 Å². The van der Waals surface area contributed by atoms with E-state index in [1.54, 1.807) is 6.08 Å². The normalized spacial score (nSPS) is 15.8. The van der Waals surface area contributed by atoms with E-state index in [4.69, 9.17) is 9.47 Å². The zero-order valence-corrected chi connectivity index (χ0v) is 19.1. The summed E-state index contributed by atoms with van der Waals surface area (Å²) in [5, 5.41) is 3.43. The van der Waals surface area contributed by atoms with Gasteiger partial charge in [-0.15, -0.1) is 11.3 Å². The molecule has 0 saturated heterocycles. The number of halogens is 1. The van der Waals surface area contributed by atoms with Crippen LogP contribution in [0.1, 0.15) is 46.6 Å². The minimum atomic E-state index is -0.401. The van der Waals surface area contributed by atoms with Crippen LogP contribution in [0.2, 0.25) is 0 Å². The quantitative estimate of drug-likeness (QED) is 0.442. The van der Waals surface area contributed by atoms with Gasteiger partial charge in [-0.3, -0.25) is 4.79 Å². The fraction of sp³-hybridized carbons (Fsp3) is 0.364. The van der Waals surface area contributed by atoms with Crippen LogP contribution in [0.25, 0.3) is 6.08 Å². The number of nitrogens with one attached hydrogen (secondary N) is 1. The molecule has 0 fully saturated rings. The highest BCUT2D eigenvalue weighted by atomic mass is 79.9. The molecule has 1 aromatic carbocycles.